The monoisotopic (exact) mass is 192 g/mol. The minimum atomic E-state index is 0.448. The molecule has 1 aromatic rings. The summed E-state index contributed by atoms with van der Waals surface area (Å²) in [7, 11) is 0. The number of nitrogens with two attached hydrogens (primary N) is 1. The van der Waals surface area contributed by atoms with Gasteiger partial charge in [-0.15, -0.1) is 6.58 Å². The molecule has 1 aromatic heterocycles. The Labute approximate surface area is 84.6 Å². The highest BCUT2D eigenvalue weighted by atomic mass is 16.5. The second kappa shape index (κ2) is 6.16. The smallest absolute Gasteiger partial charge is 0.213 e. The summed E-state index contributed by atoms with van der Waals surface area (Å²) < 4.78 is 5.44. The number of allylic oxidation sites excluding steroid dienone is 1. The maximum absolute atomic E-state index is 5.46. The lowest BCUT2D eigenvalue weighted by Gasteiger charge is -2.04. The highest BCUT2D eigenvalue weighted by Gasteiger charge is 1.96. The fraction of sp³-hybridized carbons (Fsp3) is 0.364. The van der Waals surface area contributed by atoms with Gasteiger partial charge in [-0.25, -0.2) is 4.98 Å². The summed E-state index contributed by atoms with van der Waals surface area (Å²) in [6, 6.07) is 5.63. The van der Waals surface area contributed by atoms with Gasteiger partial charge in [0.25, 0.3) is 0 Å². The molecule has 0 spiro atoms. The minimum absolute atomic E-state index is 0.448. The number of rotatable bonds is 6. The third-order valence-corrected chi connectivity index (χ3v) is 1.79. The highest BCUT2D eigenvalue weighted by molar-refractivity contribution is 5.15. The number of hydrogen-bond donors (Lipinski definition) is 1. The van der Waals surface area contributed by atoms with Crippen molar-refractivity contribution >= 4 is 0 Å². The average Bonchev–Trinajstić information content (AvgIpc) is 2.25. The maximum Gasteiger partial charge on any atom is 0.213 e. The average molecular weight is 192 g/mol. The SMILES string of the molecule is C=CCCCOc1cccc(CN)n1. The number of aromatic nitrogens is 1. The summed E-state index contributed by atoms with van der Waals surface area (Å²) in [5, 5.41) is 0. The summed E-state index contributed by atoms with van der Waals surface area (Å²) in [4.78, 5) is 4.22. The number of pyridine rings is 1. The van der Waals surface area contributed by atoms with E-state index >= 15 is 0 Å². The zero-order valence-corrected chi connectivity index (χ0v) is 8.28. The van der Waals surface area contributed by atoms with E-state index in [2.05, 4.69) is 11.6 Å². The van der Waals surface area contributed by atoms with Gasteiger partial charge in [0.15, 0.2) is 0 Å². The van der Waals surface area contributed by atoms with E-state index in [1.165, 1.54) is 0 Å². The normalized spacial score (nSPS) is 9.79. The van der Waals surface area contributed by atoms with Crippen LogP contribution in [-0.4, -0.2) is 11.6 Å². The molecule has 0 aliphatic carbocycles. The Balaban J connectivity index is 2.38. The van der Waals surface area contributed by atoms with Gasteiger partial charge >= 0.3 is 0 Å². The van der Waals surface area contributed by atoms with Gasteiger partial charge in [-0.2, -0.15) is 0 Å². The van der Waals surface area contributed by atoms with Crippen LogP contribution in [0.25, 0.3) is 0 Å². The molecule has 3 nitrogen and oxygen atoms in total. The number of nitrogens with zero attached hydrogens (tertiary/aromatic N) is 1. The standard InChI is InChI=1S/C11H16N2O/c1-2-3-4-8-14-11-7-5-6-10(9-12)13-11/h2,5-7H,1,3-4,8-9,12H2. The van der Waals surface area contributed by atoms with Crippen LogP contribution in [0.3, 0.4) is 0 Å². The van der Waals surface area contributed by atoms with E-state index in [0.717, 1.165) is 18.5 Å². The first kappa shape index (κ1) is 10.7. The molecule has 76 valence electrons. The zero-order valence-electron chi connectivity index (χ0n) is 8.28. The topological polar surface area (TPSA) is 48.1 Å². The van der Waals surface area contributed by atoms with Crippen molar-refractivity contribution in [3.63, 3.8) is 0 Å². The molecule has 0 radical (unpaired) electrons. The van der Waals surface area contributed by atoms with Gasteiger partial charge in [-0.05, 0) is 18.9 Å². The zero-order chi connectivity index (χ0) is 10.2. The molecule has 2 N–H and O–H groups in total. The highest BCUT2D eigenvalue weighted by Crippen LogP contribution is 2.07. The summed E-state index contributed by atoms with van der Waals surface area (Å²) in [6.07, 6.45) is 3.82. The molecule has 14 heavy (non-hydrogen) atoms. The first-order chi connectivity index (χ1) is 6.86. The molecule has 0 unspecified atom stereocenters. The third-order valence-electron chi connectivity index (χ3n) is 1.79. The Bertz CT molecular complexity index is 286. The van der Waals surface area contributed by atoms with Crippen LogP contribution in [0.15, 0.2) is 30.9 Å². The van der Waals surface area contributed by atoms with Gasteiger partial charge in [0.1, 0.15) is 0 Å². The molecule has 3 heteroatoms. The fourth-order valence-electron chi connectivity index (χ4n) is 1.06. The van der Waals surface area contributed by atoms with E-state index in [4.69, 9.17) is 10.5 Å². The van der Waals surface area contributed by atoms with Crippen molar-refractivity contribution in [2.24, 2.45) is 5.73 Å². The second-order valence-corrected chi connectivity index (χ2v) is 2.95. The van der Waals surface area contributed by atoms with Crippen LogP contribution in [0.4, 0.5) is 0 Å². The Morgan fingerprint density at radius 1 is 1.50 bits per heavy atom. The van der Waals surface area contributed by atoms with Gasteiger partial charge in [0, 0.05) is 12.6 Å². The number of unbranched alkanes of at least 4 members (excludes halogenated alkanes) is 1. The lowest BCUT2D eigenvalue weighted by molar-refractivity contribution is 0.299. The van der Waals surface area contributed by atoms with Crippen molar-refractivity contribution in [1.29, 1.82) is 0 Å². The van der Waals surface area contributed by atoms with E-state index in [1.807, 2.05) is 24.3 Å². The summed E-state index contributed by atoms with van der Waals surface area (Å²) in [5.41, 5.74) is 6.32. The van der Waals surface area contributed by atoms with E-state index in [1.54, 1.807) is 0 Å². The van der Waals surface area contributed by atoms with Crippen LogP contribution in [-0.2, 0) is 6.54 Å². The molecule has 1 rings (SSSR count). The minimum Gasteiger partial charge on any atom is -0.478 e. The molecular formula is C11H16N2O. The predicted octanol–water partition coefficient (Wildman–Crippen LogP) is 1.89. The van der Waals surface area contributed by atoms with Crippen LogP contribution >= 0.6 is 0 Å². The van der Waals surface area contributed by atoms with Crippen LogP contribution in [0, 0.1) is 0 Å². The summed E-state index contributed by atoms with van der Waals surface area (Å²) in [6.45, 7) is 4.77. The van der Waals surface area contributed by atoms with Crippen molar-refractivity contribution in [3.05, 3.63) is 36.5 Å². The lowest BCUT2D eigenvalue weighted by Crippen LogP contribution is -2.03. The van der Waals surface area contributed by atoms with Crippen LogP contribution < -0.4 is 10.5 Å². The lowest BCUT2D eigenvalue weighted by atomic mass is 10.3. The summed E-state index contributed by atoms with van der Waals surface area (Å²) in [5.74, 6) is 0.650. The van der Waals surface area contributed by atoms with Crippen molar-refractivity contribution in [2.45, 2.75) is 19.4 Å². The first-order valence-corrected chi connectivity index (χ1v) is 4.76. The molecular weight excluding hydrogens is 176 g/mol. The largest absolute Gasteiger partial charge is 0.478 e. The van der Waals surface area contributed by atoms with Gasteiger partial charge < -0.3 is 10.5 Å². The molecule has 0 bridgehead atoms. The molecule has 0 fully saturated rings. The van der Waals surface area contributed by atoms with Gasteiger partial charge in [0.2, 0.25) is 5.88 Å². The second-order valence-electron chi connectivity index (χ2n) is 2.95. The van der Waals surface area contributed by atoms with Crippen LogP contribution in [0.1, 0.15) is 18.5 Å². The molecule has 0 saturated carbocycles. The Morgan fingerprint density at radius 2 is 2.36 bits per heavy atom. The van der Waals surface area contributed by atoms with Crippen LogP contribution in [0.5, 0.6) is 5.88 Å². The van der Waals surface area contributed by atoms with Crippen molar-refractivity contribution in [1.82, 2.24) is 4.98 Å². The molecule has 1 heterocycles. The summed E-state index contributed by atoms with van der Waals surface area (Å²) >= 11 is 0. The third kappa shape index (κ3) is 3.58. The van der Waals surface area contributed by atoms with Crippen LogP contribution in [0.2, 0.25) is 0 Å². The van der Waals surface area contributed by atoms with Crippen molar-refractivity contribution < 1.29 is 4.74 Å². The Kier molecular flexibility index (Phi) is 4.72. The van der Waals surface area contributed by atoms with E-state index in [0.29, 0.717) is 19.0 Å². The molecule has 0 saturated heterocycles. The fourth-order valence-corrected chi connectivity index (χ4v) is 1.06. The Hall–Kier alpha value is -1.35. The van der Waals surface area contributed by atoms with E-state index in [9.17, 15) is 0 Å². The van der Waals surface area contributed by atoms with Crippen molar-refractivity contribution in [2.75, 3.05) is 6.61 Å². The Morgan fingerprint density at radius 3 is 3.07 bits per heavy atom. The molecule has 0 aliphatic heterocycles. The van der Waals surface area contributed by atoms with Gasteiger partial charge in [0.05, 0.1) is 12.3 Å². The number of ether oxygens (including phenoxy) is 1. The quantitative estimate of drug-likeness (QED) is 0.553. The van der Waals surface area contributed by atoms with Gasteiger partial charge in [-0.3, -0.25) is 0 Å². The van der Waals surface area contributed by atoms with Crippen molar-refractivity contribution in [3.8, 4) is 5.88 Å². The predicted molar refractivity (Wildman–Crippen MR) is 57.1 cm³/mol. The molecule has 0 atom stereocenters. The van der Waals surface area contributed by atoms with E-state index < -0.39 is 0 Å². The number of hydrogen-bond acceptors (Lipinski definition) is 3. The van der Waals surface area contributed by atoms with Gasteiger partial charge in [-0.1, -0.05) is 12.1 Å². The van der Waals surface area contributed by atoms with E-state index in [-0.39, 0.29) is 0 Å². The molecule has 0 amide bonds. The molecule has 0 aliphatic rings. The maximum atomic E-state index is 5.46. The molecule has 0 aromatic carbocycles. The first-order valence-electron chi connectivity index (χ1n) is 4.76.